The number of nitrogens with two attached hydrogens (primary N) is 1. The van der Waals surface area contributed by atoms with E-state index < -0.39 is 0 Å². The first kappa shape index (κ1) is 11.4. The van der Waals surface area contributed by atoms with E-state index in [0.29, 0.717) is 19.1 Å². The Labute approximate surface area is 96.2 Å². The van der Waals surface area contributed by atoms with Gasteiger partial charge >= 0.3 is 0 Å². The molecule has 0 radical (unpaired) electrons. The van der Waals surface area contributed by atoms with E-state index in [0.717, 1.165) is 12.2 Å². The number of aliphatic hydroxyl groups excluding tert-OH is 1. The van der Waals surface area contributed by atoms with Crippen LogP contribution in [0, 0.1) is 5.41 Å². The van der Waals surface area contributed by atoms with Gasteiger partial charge in [0.15, 0.2) is 0 Å². The van der Waals surface area contributed by atoms with Gasteiger partial charge in [-0.3, -0.25) is 0 Å². The minimum Gasteiger partial charge on any atom is -0.494 e. The van der Waals surface area contributed by atoms with E-state index in [-0.39, 0.29) is 12.0 Å². The summed E-state index contributed by atoms with van der Waals surface area (Å²) in [6.07, 6.45) is 0.962. The molecule has 3 N–H and O–H groups in total. The van der Waals surface area contributed by atoms with E-state index in [2.05, 4.69) is 6.07 Å². The smallest absolute Gasteiger partial charge is 0.122 e. The fraction of sp³-hybridized carbons (Fsp3) is 0.538. The lowest BCUT2D eigenvalue weighted by Gasteiger charge is -2.14. The third-order valence-electron chi connectivity index (χ3n) is 3.51. The molecule has 0 heterocycles. The van der Waals surface area contributed by atoms with Crippen molar-refractivity contribution in [1.82, 2.24) is 0 Å². The molecule has 0 unspecified atom stereocenters. The lowest BCUT2D eigenvalue weighted by molar-refractivity contribution is 0.211. The molecule has 3 nitrogen and oxygen atoms in total. The fourth-order valence-electron chi connectivity index (χ4n) is 2.31. The summed E-state index contributed by atoms with van der Waals surface area (Å²) in [4.78, 5) is 0. The highest BCUT2D eigenvalue weighted by Gasteiger charge is 2.54. The maximum absolute atomic E-state index is 9.39. The van der Waals surface area contributed by atoms with Crippen molar-refractivity contribution in [3.63, 3.8) is 0 Å². The van der Waals surface area contributed by atoms with Crippen LogP contribution in [-0.4, -0.2) is 24.9 Å². The summed E-state index contributed by atoms with van der Waals surface area (Å²) in [7, 11) is 0. The number of benzene rings is 1. The van der Waals surface area contributed by atoms with E-state index in [9.17, 15) is 5.11 Å². The standard InChI is InChI=1S/C13H19NO2/c1-2-16-12-6-4-3-5-10(12)11-7-13(11,8-14)9-15/h3-6,11,15H,2,7-9,14H2,1H3/t11-,13+/m0/s1. The maximum atomic E-state index is 9.39. The van der Waals surface area contributed by atoms with E-state index in [1.165, 1.54) is 5.56 Å². The molecular weight excluding hydrogens is 202 g/mol. The molecule has 3 heteroatoms. The van der Waals surface area contributed by atoms with Crippen LogP contribution >= 0.6 is 0 Å². The lowest BCUT2D eigenvalue weighted by Crippen LogP contribution is -2.21. The molecule has 0 spiro atoms. The average molecular weight is 221 g/mol. The highest BCUT2D eigenvalue weighted by molar-refractivity contribution is 5.41. The van der Waals surface area contributed by atoms with Crippen LogP contribution in [0.2, 0.25) is 0 Å². The zero-order valence-electron chi connectivity index (χ0n) is 9.65. The first-order valence-corrected chi connectivity index (χ1v) is 5.80. The predicted molar refractivity (Wildman–Crippen MR) is 63.5 cm³/mol. The fourth-order valence-corrected chi connectivity index (χ4v) is 2.31. The van der Waals surface area contributed by atoms with Gasteiger partial charge in [-0.1, -0.05) is 18.2 Å². The molecular formula is C13H19NO2. The van der Waals surface area contributed by atoms with Crippen LogP contribution in [0.3, 0.4) is 0 Å². The number of hydrogen-bond donors (Lipinski definition) is 2. The molecule has 2 rings (SSSR count). The molecule has 0 saturated heterocycles. The van der Waals surface area contributed by atoms with Crippen molar-refractivity contribution in [3.8, 4) is 5.75 Å². The molecule has 88 valence electrons. The summed E-state index contributed by atoms with van der Waals surface area (Å²) in [5.74, 6) is 1.28. The number of hydrogen-bond acceptors (Lipinski definition) is 3. The van der Waals surface area contributed by atoms with Crippen LogP contribution in [0.4, 0.5) is 0 Å². The Morgan fingerprint density at radius 1 is 1.50 bits per heavy atom. The Hall–Kier alpha value is -1.06. The molecule has 0 aliphatic heterocycles. The molecule has 1 aromatic rings. The molecule has 0 bridgehead atoms. The summed E-state index contributed by atoms with van der Waals surface area (Å²) in [5.41, 5.74) is 6.81. The van der Waals surface area contributed by atoms with Crippen LogP contribution in [0.1, 0.15) is 24.8 Å². The van der Waals surface area contributed by atoms with Crippen LogP contribution in [0.5, 0.6) is 5.75 Å². The third kappa shape index (κ3) is 1.81. The molecule has 2 atom stereocenters. The van der Waals surface area contributed by atoms with Gasteiger partial charge in [-0.25, -0.2) is 0 Å². The van der Waals surface area contributed by atoms with Crippen LogP contribution < -0.4 is 10.5 Å². The Morgan fingerprint density at radius 2 is 2.25 bits per heavy atom. The zero-order chi connectivity index (χ0) is 11.6. The van der Waals surface area contributed by atoms with Gasteiger partial charge in [-0.15, -0.1) is 0 Å². The molecule has 0 aromatic heterocycles. The van der Waals surface area contributed by atoms with E-state index in [1.54, 1.807) is 0 Å². The summed E-state index contributed by atoms with van der Waals surface area (Å²) in [5, 5.41) is 9.39. The molecule has 16 heavy (non-hydrogen) atoms. The molecule has 0 amide bonds. The van der Waals surface area contributed by atoms with Crippen molar-refractivity contribution in [1.29, 1.82) is 0 Å². The second kappa shape index (κ2) is 4.44. The summed E-state index contributed by atoms with van der Waals surface area (Å²) in [6.45, 7) is 3.34. The Kier molecular flexibility index (Phi) is 3.17. The van der Waals surface area contributed by atoms with Crippen molar-refractivity contribution in [3.05, 3.63) is 29.8 Å². The number of ether oxygens (including phenoxy) is 1. The minimum absolute atomic E-state index is 0.104. The van der Waals surface area contributed by atoms with Crippen molar-refractivity contribution < 1.29 is 9.84 Å². The van der Waals surface area contributed by atoms with Gasteiger partial charge in [0.2, 0.25) is 0 Å². The third-order valence-corrected chi connectivity index (χ3v) is 3.51. The summed E-state index contributed by atoms with van der Waals surface area (Å²) < 4.78 is 5.60. The first-order chi connectivity index (χ1) is 7.77. The van der Waals surface area contributed by atoms with Gasteiger partial charge in [0.25, 0.3) is 0 Å². The van der Waals surface area contributed by atoms with Gasteiger partial charge in [0.1, 0.15) is 5.75 Å². The van der Waals surface area contributed by atoms with E-state index in [4.69, 9.17) is 10.5 Å². The normalized spacial score (nSPS) is 27.8. The molecule has 1 saturated carbocycles. The summed E-state index contributed by atoms with van der Waals surface area (Å²) >= 11 is 0. The molecule has 1 aromatic carbocycles. The van der Waals surface area contributed by atoms with Gasteiger partial charge in [0, 0.05) is 12.0 Å². The summed E-state index contributed by atoms with van der Waals surface area (Å²) in [6, 6.07) is 8.04. The van der Waals surface area contributed by atoms with Crippen molar-refractivity contribution in [2.45, 2.75) is 19.3 Å². The average Bonchev–Trinajstić information content (AvgIpc) is 3.05. The van der Waals surface area contributed by atoms with Crippen LogP contribution in [0.15, 0.2) is 24.3 Å². The first-order valence-electron chi connectivity index (χ1n) is 5.80. The Morgan fingerprint density at radius 3 is 2.81 bits per heavy atom. The zero-order valence-corrected chi connectivity index (χ0v) is 9.65. The largest absolute Gasteiger partial charge is 0.494 e. The SMILES string of the molecule is CCOc1ccccc1[C@@H]1C[C@@]1(CN)CO. The monoisotopic (exact) mass is 221 g/mol. The highest BCUT2D eigenvalue weighted by atomic mass is 16.5. The Bertz CT molecular complexity index is 361. The van der Waals surface area contributed by atoms with Crippen LogP contribution in [0.25, 0.3) is 0 Å². The topological polar surface area (TPSA) is 55.5 Å². The predicted octanol–water partition coefficient (Wildman–Crippen LogP) is 1.51. The van der Waals surface area contributed by atoms with Gasteiger partial charge in [-0.2, -0.15) is 0 Å². The lowest BCUT2D eigenvalue weighted by atomic mass is 9.99. The van der Waals surface area contributed by atoms with E-state index in [1.807, 2.05) is 25.1 Å². The number of para-hydroxylation sites is 1. The van der Waals surface area contributed by atoms with Gasteiger partial charge < -0.3 is 15.6 Å². The number of aliphatic hydroxyl groups is 1. The second-order valence-corrected chi connectivity index (χ2v) is 4.45. The quantitative estimate of drug-likeness (QED) is 0.792. The van der Waals surface area contributed by atoms with E-state index >= 15 is 0 Å². The Balaban J connectivity index is 2.22. The highest BCUT2D eigenvalue weighted by Crippen LogP contribution is 2.59. The maximum Gasteiger partial charge on any atom is 0.122 e. The number of rotatable bonds is 5. The minimum atomic E-state index is -0.104. The molecule has 1 aliphatic rings. The van der Waals surface area contributed by atoms with Crippen molar-refractivity contribution >= 4 is 0 Å². The van der Waals surface area contributed by atoms with Crippen LogP contribution in [-0.2, 0) is 0 Å². The molecule has 1 fully saturated rings. The second-order valence-electron chi connectivity index (χ2n) is 4.45. The molecule has 1 aliphatic carbocycles. The van der Waals surface area contributed by atoms with Crippen molar-refractivity contribution in [2.75, 3.05) is 19.8 Å². The van der Waals surface area contributed by atoms with Crippen molar-refractivity contribution in [2.24, 2.45) is 11.1 Å². The van der Waals surface area contributed by atoms with Gasteiger partial charge in [-0.05, 0) is 30.9 Å². The van der Waals surface area contributed by atoms with Gasteiger partial charge in [0.05, 0.1) is 13.2 Å².